The lowest BCUT2D eigenvalue weighted by molar-refractivity contribution is 0.449. The molecule has 0 aromatic heterocycles. The van der Waals surface area contributed by atoms with Gasteiger partial charge in [-0.2, -0.15) is 0 Å². The number of phenols is 2. The zero-order chi connectivity index (χ0) is 32.2. The molecule has 2 N–H and O–H groups in total. The van der Waals surface area contributed by atoms with E-state index in [0.29, 0.717) is 23.3 Å². The molecule has 2 nitrogen and oxygen atoms in total. The number of phenolic OH excluding ortho intramolecular Hbond substituents is 2. The molecule has 2 unspecified atom stereocenters. The van der Waals surface area contributed by atoms with E-state index in [-0.39, 0.29) is 0 Å². The fourth-order valence-corrected chi connectivity index (χ4v) is 7.75. The van der Waals surface area contributed by atoms with Gasteiger partial charge in [-0.15, -0.1) is 0 Å². The zero-order valence-corrected chi connectivity index (χ0v) is 28.2. The van der Waals surface area contributed by atoms with Gasteiger partial charge in [0.2, 0.25) is 0 Å². The van der Waals surface area contributed by atoms with Crippen molar-refractivity contribution in [1.29, 1.82) is 0 Å². The predicted octanol–water partition coefficient (Wildman–Crippen LogP) is 12.9. The summed E-state index contributed by atoms with van der Waals surface area (Å²) in [4.78, 5) is 0. The predicted molar refractivity (Wildman–Crippen MR) is 199 cm³/mol. The van der Waals surface area contributed by atoms with Crippen LogP contribution >= 0.6 is 0 Å². The third kappa shape index (κ3) is 6.07. The van der Waals surface area contributed by atoms with E-state index in [2.05, 4.69) is 88.4 Å². The van der Waals surface area contributed by atoms with E-state index in [4.69, 9.17) is 0 Å². The van der Waals surface area contributed by atoms with Crippen LogP contribution in [-0.4, -0.2) is 10.2 Å². The van der Waals surface area contributed by atoms with Crippen LogP contribution in [0.1, 0.15) is 90.2 Å². The largest absolute Gasteiger partial charge is 0.507 e. The van der Waals surface area contributed by atoms with Gasteiger partial charge in [-0.25, -0.2) is 0 Å². The van der Waals surface area contributed by atoms with Crippen LogP contribution in [0, 0.1) is 11.8 Å². The Kier molecular flexibility index (Phi) is 9.83. The van der Waals surface area contributed by atoms with E-state index in [1.807, 2.05) is 24.3 Å². The second-order valence-electron chi connectivity index (χ2n) is 13.5. The zero-order valence-electron chi connectivity index (χ0n) is 28.2. The molecule has 0 aliphatic rings. The molecule has 46 heavy (non-hydrogen) atoms. The van der Waals surface area contributed by atoms with E-state index in [1.165, 1.54) is 62.5 Å². The summed E-state index contributed by atoms with van der Waals surface area (Å²) < 4.78 is 0. The first-order valence-electron chi connectivity index (χ1n) is 17.8. The van der Waals surface area contributed by atoms with Gasteiger partial charge >= 0.3 is 0 Å². The van der Waals surface area contributed by atoms with Crippen LogP contribution in [0.15, 0.2) is 84.9 Å². The normalized spacial score (nSPS) is 13.2. The van der Waals surface area contributed by atoms with Crippen molar-refractivity contribution in [3.05, 3.63) is 96.1 Å². The Bertz CT molecular complexity index is 1840. The molecule has 0 saturated heterocycles. The Labute approximate surface area is 275 Å². The first-order chi connectivity index (χ1) is 22.5. The molecule has 0 spiro atoms. The lowest BCUT2D eigenvalue weighted by Crippen LogP contribution is -2.04. The van der Waals surface area contributed by atoms with Crippen molar-refractivity contribution in [2.24, 2.45) is 11.8 Å². The molecule has 0 aliphatic carbocycles. The van der Waals surface area contributed by atoms with Crippen molar-refractivity contribution in [2.45, 2.75) is 91.9 Å². The lowest BCUT2D eigenvalue weighted by Gasteiger charge is -2.21. The first kappa shape index (κ1) is 31.9. The van der Waals surface area contributed by atoms with Crippen LogP contribution in [-0.2, 0) is 12.8 Å². The summed E-state index contributed by atoms with van der Waals surface area (Å²) in [7, 11) is 0. The van der Waals surface area contributed by atoms with E-state index >= 15 is 0 Å². The van der Waals surface area contributed by atoms with Crippen molar-refractivity contribution >= 4 is 43.1 Å². The van der Waals surface area contributed by atoms with Gasteiger partial charge in [-0.1, -0.05) is 164 Å². The molecule has 2 heteroatoms. The van der Waals surface area contributed by atoms with E-state index in [1.54, 1.807) is 0 Å². The van der Waals surface area contributed by atoms with Crippen LogP contribution in [0.3, 0.4) is 0 Å². The number of hydrogen-bond donors (Lipinski definition) is 2. The van der Waals surface area contributed by atoms with Gasteiger partial charge in [0, 0.05) is 21.5 Å². The molecule has 0 saturated carbocycles. The van der Waals surface area contributed by atoms with Gasteiger partial charge in [0.05, 0.1) is 0 Å². The monoisotopic (exact) mass is 610 g/mol. The highest BCUT2D eigenvalue weighted by Gasteiger charge is 2.22. The molecule has 0 radical (unpaired) electrons. The average molecular weight is 611 g/mol. The number of aromatic hydroxyl groups is 2. The second-order valence-corrected chi connectivity index (χ2v) is 13.5. The van der Waals surface area contributed by atoms with Crippen LogP contribution in [0.25, 0.3) is 54.2 Å². The minimum absolute atomic E-state index is 0.341. The molecule has 0 amide bonds. The third-order valence-electron chi connectivity index (χ3n) is 10.5. The second kappa shape index (κ2) is 14.2. The van der Waals surface area contributed by atoms with Crippen molar-refractivity contribution in [2.75, 3.05) is 0 Å². The highest BCUT2D eigenvalue weighted by atomic mass is 16.3. The lowest BCUT2D eigenvalue weighted by atomic mass is 9.83. The van der Waals surface area contributed by atoms with Crippen molar-refractivity contribution in [3.63, 3.8) is 0 Å². The number of hydrogen-bond acceptors (Lipinski definition) is 2. The van der Waals surface area contributed by atoms with Gasteiger partial charge in [0.25, 0.3) is 0 Å². The molecular formula is C44H50O2. The van der Waals surface area contributed by atoms with Crippen molar-refractivity contribution in [1.82, 2.24) is 0 Å². The fourth-order valence-electron chi connectivity index (χ4n) is 7.75. The van der Waals surface area contributed by atoms with Gasteiger partial charge in [0.1, 0.15) is 11.5 Å². The Morgan fingerprint density at radius 2 is 0.826 bits per heavy atom. The maximum atomic E-state index is 11.7. The fraction of sp³-hybridized carbons (Fsp3) is 0.364. The molecule has 2 atom stereocenters. The molecule has 0 aliphatic heterocycles. The Morgan fingerprint density at radius 1 is 0.457 bits per heavy atom. The quantitative estimate of drug-likeness (QED) is 0.128. The van der Waals surface area contributed by atoms with Crippen LogP contribution in [0.5, 0.6) is 11.5 Å². The van der Waals surface area contributed by atoms with Crippen molar-refractivity contribution < 1.29 is 10.2 Å². The van der Waals surface area contributed by atoms with Gasteiger partial charge in [-0.05, 0) is 68.5 Å². The molecule has 6 rings (SSSR count). The van der Waals surface area contributed by atoms with Gasteiger partial charge in [0.15, 0.2) is 0 Å². The van der Waals surface area contributed by atoms with Gasteiger partial charge in [-0.3, -0.25) is 0 Å². The van der Waals surface area contributed by atoms with Gasteiger partial charge < -0.3 is 10.2 Å². The smallest absolute Gasteiger partial charge is 0.131 e. The van der Waals surface area contributed by atoms with Crippen molar-refractivity contribution in [3.8, 4) is 22.6 Å². The minimum atomic E-state index is 0.341. The standard InChI is InChI=1S/C44H50O2/c1-5-9-15-29(7-3)25-31-21-23-37-39(27-31)41(33-17-11-13-19-35(33)43(37)45)42-34-18-12-14-20-36(34)44(46)38-24-22-32(28-40(38)42)26-30(8-4)16-10-6-2/h11-14,17-24,27-30,45-46H,5-10,15-16,25-26H2,1-4H3. The Morgan fingerprint density at radius 3 is 1.20 bits per heavy atom. The van der Waals surface area contributed by atoms with Crippen LogP contribution in [0.4, 0.5) is 0 Å². The number of rotatable bonds is 13. The molecule has 0 fully saturated rings. The summed E-state index contributed by atoms with van der Waals surface area (Å²) in [6.07, 6.45) is 11.9. The maximum absolute atomic E-state index is 11.7. The SMILES string of the molecule is CCCCC(CC)Cc1ccc2c(O)c3ccccc3c(-c3c4ccccc4c(O)c4ccc(CC(CC)CCCC)cc34)c2c1. The first-order valence-corrected chi connectivity index (χ1v) is 17.8. The summed E-state index contributed by atoms with van der Waals surface area (Å²) in [5.41, 5.74) is 4.92. The Hall–Kier alpha value is -4.04. The Balaban J connectivity index is 1.67. The molecule has 0 bridgehead atoms. The maximum Gasteiger partial charge on any atom is 0.131 e. The summed E-state index contributed by atoms with van der Waals surface area (Å²) in [6.45, 7) is 9.16. The molecule has 6 aromatic rings. The number of unbranched alkanes of at least 4 members (excludes halogenated alkanes) is 2. The van der Waals surface area contributed by atoms with Crippen LogP contribution < -0.4 is 0 Å². The molecular weight excluding hydrogens is 560 g/mol. The molecule has 238 valence electrons. The topological polar surface area (TPSA) is 40.5 Å². The minimum Gasteiger partial charge on any atom is -0.507 e. The number of benzene rings is 6. The summed E-state index contributed by atoms with van der Waals surface area (Å²) >= 11 is 0. The van der Waals surface area contributed by atoms with E-state index in [9.17, 15) is 10.2 Å². The van der Waals surface area contributed by atoms with E-state index in [0.717, 1.165) is 67.1 Å². The summed E-state index contributed by atoms with van der Waals surface area (Å²) in [5, 5.41) is 31.1. The number of fused-ring (bicyclic) bond motifs is 4. The summed E-state index contributed by atoms with van der Waals surface area (Å²) in [6, 6.07) is 30.0. The highest BCUT2D eigenvalue weighted by Crippen LogP contribution is 2.49. The highest BCUT2D eigenvalue weighted by molar-refractivity contribution is 6.26. The summed E-state index contributed by atoms with van der Waals surface area (Å²) in [5.74, 6) is 1.97. The molecule has 6 aromatic carbocycles. The molecule has 0 heterocycles. The third-order valence-corrected chi connectivity index (χ3v) is 10.5. The van der Waals surface area contributed by atoms with Crippen LogP contribution in [0.2, 0.25) is 0 Å². The van der Waals surface area contributed by atoms with E-state index < -0.39 is 0 Å². The average Bonchev–Trinajstić information content (AvgIpc) is 3.09.